The summed E-state index contributed by atoms with van der Waals surface area (Å²) in [5.74, 6) is 0.214. The predicted octanol–water partition coefficient (Wildman–Crippen LogP) is 2.39. The van der Waals surface area contributed by atoms with Gasteiger partial charge in [0, 0.05) is 11.8 Å². The predicted molar refractivity (Wildman–Crippen MR) is 68.7 cm³/mol. The Morgan fingerprint density at radius 3 is 2.89 bits per heavy atom. The molecule has 0 spiro atoms. The van der Waals surface area contributed by atoms with Crippen LogP contribution >= 0.6 is 0 Å². The zero-order chi connectivity index (χ0) is 12.2. The first-order valence-electron chi connectivity index (χ1n) is 5.39. The fourth-order valence-corrected chi connectivity index (χ4v) is 1.70. The van der Waals surface area contributed by atoms with E-state index in [1.54, 1.807) is 6.21 Å². The standard InChI is InChI=1S/C12H9N6/c1-2-7-11-9(4-1)5-3-6-10(11)8-13-14-12-15-17-18-16-12/h1-8H,(H-,14,15,16,17,18)/q-1/b13-8-. The van der Waals surface area contributed by atoms with Crippen molar-refractivity contribution in [3.8, 4) is 0 Å². The smallest absolute Gasteiger partial charge is 0.0830 e. The van der Waals surface area contributed by atoms with Crippen LogP contribution in [0.2, 0.25) is 0 Å². The van der Waals surface area contributed by atoms with Gasteiger partial charge in [0.25, 0.3) is 0 Å². The van der Waals surface area contributed by atoms with Crippen molar-refractivity contribution in [3.63, 3.8) is 0 Å². The first-order chi connectivity index (χ1) is 8.93. The molecule has 1 aromatic heterocycles. The van der Waals surface area contributed by atoms with E-state index in [0.717, 1.165) is 10.9 Å². The van der Waals surface area contributed by atoms with Gasteiger partial charge in [-0.1, -0.05) is 42.5 Å². The molecule has 0 unspecified atom stereocenters. The number of hydrogen-bond donors (Lipinski definition) is 1. The van der Waals surface area contributed by atoms with E-state index in [-0.39, 0.29) is 5.95 Å². The summed E-state index contributed by atoms with van der Waals surface area (Å²) >= 11 is 0. The van der Waals surface area contributed by atoms with Gasteiger partial charge >= 0.3 is 0 Å². The van der Waals surface area contributed by atoms with E-state index in [2.05, 4.69) is 43.3 Å². The number of benzene rings is 2. The van der Waals surface area contributed by atoms with Gasteiger partial charge in [0.05, 0.1) is 5.95 Å². The van der Waals surface area contributed by atoms with Crippen molar-refractivity contribution in [1.29, 1.82) is 0 Å². The van der Waals surface area contributed by atoms with Crippen molar-refractivity contribution in [1.82, 2.24) is 20.6 Å². The number of nitrogens with zero attached hydrogens (tertiary/aromatic N) is 5. The highest BCUT2D eigenvalue weighted by Crippen LogP contribution is 2.17. The fraction of sp³-hybridized carbons (Fsp3) is 0. The maximum atomic E-state index is 3.95. The summed E-state index contributed by atoms with van der Waals surface area (Å²) in [6.45, 7) is 0. The van der Waals surface area contributed by atoms with E-state index in [4.69, 9.17) is 0 Å². The summed E-state index contributed by atoms with van der Waals surface area (Å²) in [5.41, 5.74) is 4.82. The number of hydrogen-bond acceptors (Lipinski definition) is 4. The molecular formula is C12H9N6-. The van der Waals surface area contributed by atoms with E-state index in [9.17, 15) is 0 Å². The Kier molecular flexibility index (Phi) is 2.67. The highest BCUT2D eigenvalue weighted by molar-refractivity contribution is 5.99. The van der Waals surface area contributed by atoms with Gasteiger partial charge in [0.15, 0.2) is 0 Å². The Morgan fingerprint density at radius 1 is 1.11 bits per heavy atom. The minimum Gasteiger partial charge on any atom is -0.277 e. The normalized spacial score (nSPS) is 11.1. The minimum atomic E-state index is 0.214. The van der Waals surface area contributed by atoms with Crippen LogP contribution in [-0.2, 0) is 0 Å². The quantitative estimate of drug-likeness (QED) is 0.561. The molecule has 1 heterocycles. The molecule has 18 heavy (non-hydrogen) atoms. The Bertz CT molecular complexity index is 669. The summed E-state index contributed by atoms with van der Waals surface area (Å²) in [6, 6.07) is 14.1. The second-order valence-corrected chi connectivity index (χ2v) is 3.62. The first-order valence-corrected chi connectivity index (χ1v) is 5.39. The van der Waals surface area contributed by atoms with E-state index in [1.165, 1.54) is 5.39 Å². The second kappa shape index (κ2) is 4.62. The number of rotatable bonds is 3. The third-order valence-electron chi connectivity index (χ3n) is 2.50. The number of H-pyrrole nitrogens is 1. The zero-order valence-electron chi connectivity index (χ0n) is 9.35. The van der Waals surface area contributed by atoms with Gasteiger partial charge < -0.3 is 0 Å². The summed E-state index contributed by atoms with van der Waals surface area (Å²) in [5, 5.41) is 19.3. The second-order valence-electron chi connectivity index (χ2n) is 3.62. The molecule has 0 saturated carbocycles. The maximum Gasteiger partial charge on any atom is 0.0830 e. The summed E-state index contributed by atoms with van der Waals surface area (Å²) in [4.78, 5) is 0. The van der Waals surface area contributed by atoms with Crippen molar-refractivity contribution in [3.05, 3.63) is 53.5 Å². The maximum absolute atomic E-state index is 3.95. The van der Waals surface area contributed by atoms with Crippen LogP contribution in [0.15, 0.2) is 47.6 Å². The van der Waals surface area contributed by atoms with Crippen LogP contribution in [0.5, 0.6) is 0 Å². The molecule has 0 aliphatic heterocycles. The van der Waals surface area contributed by atoms with Gasteiger partial charge in [-0.3, -0.25) is 20.8 Å². The fourth-order valence-electron chi connectivity index (χ4n) is 1.70. The lowest BCUT2D eigenvalue weighted by molar-refractivity contribution is 0.881. The first kappa shape index (κ1) is 10.4. The zero-order valence-corrected chi connectivity index (χ0v) is 9.35. The lowest BCUT2D eigenvalue weighted by Gasteiger charge is -2.02. The van der Waals surface area contributed by atoms with Gasteiger partial charge in [0.2, 0.25) is 0 Å². The largest absolute Gasteiger partial charge is 0.277 e. The lowest BCUT2D eigenvalue weighted by Crippen LogP contribution is -1.83. The van der Waals surface area contributed by atoms with Crippen molar-refractivity contribution in [2.45, 2.75) is 0 Å². The molecule has 3 rings (SSSR count). The van der Waals surface area contributed by atoms with Crippen molar-refractivity contribution >= 4 is 22.9 Å². The number of aromatic nitrogens is 4. The van der Waals surface area contributed by atoms with Crippen molar-refractivity contribution in [2.24, 2.45) is 5.10 Å². The molecule has 0 radical (unpaired) electrons. The average Bonchev–Trinajstić information content (AvgIpc) is 2.92. The summed E-state index contributed by atoms with van der Waals surface area (Å²) < 4.78 is 0. The topological polar surface area (TPSA) is 80.9 Å². The third-order valence-corrected chi connectivity index (χ3v) is 2.50. The van der Waals surface area contributed by atoms with Crippen molar-refractivity contribution < 1.29 is 0 Å². The van der Waals surface area contributed by atoms with Gasteiger partial charge in [-0.05, 0) is 10.8 Å². The van der Waals surface area contributed by atoms with Gasteiger partial charge in [-0.2, -0.15) is 0 Å². The monoisotopic (exact) mass is 237 g/mol. The Labute approximate surface area is 103 Å². The molecule has 3 aromatic rings. The lowest BCUT2D eigenvalue weighted by atomic mass is 10.1. The van der Waals surface area contributed by atoms with E-state index < -0.39 is 0 Å². The molecule has 0 aliphatic rings. The number of nitrogens with one attached hydrogen (secondary N) is 1. The van der Waals surface area contributed by atoms with Crippen LogP contribution in [0.3, 0.4) is 0 Å². The van der Waals surface area contributed by atoms with Crippen LogP contribution in [0.1, 0.15) is 5.56 Å². The van der Waals surface area contributed by atoms with Crippen LogP contribution in [-0.4, -0.2) is 26.8 Å². The van der Waals surface area contributed by atoms with Crippen LogP contribution < -0.4 is 0 Å². The highest BCUT2D eigenvalue weighted by atomic mass is 15.5. The van der Waals surface area contributed by atoms with Crippen LogP contribution in [0, 0.1) is 0 Å². The van der Waals surface area contributed by atoms with Gasteiger partial charge in [-0.25, -0.2) is 5.10 Å². The van der Waals surface area contributed by atoms with E-state index in [1.807, 2.05) is 30.3 Å². The molecule has 1 N–H and O–H groups in total. The molecule has 6 heteroatoms. The summed E-state index contributed by atoms with van der Waals surface area (Å²) in [6.07, 6.45) is 1.68. The number of aromatic amines is 1. The van der Waals surface area contributed by atoms with Gasteiger partial charge in [-0.15, -0.1) is 5.21 Å². The van der Waals surface area contributed by atoms with Crippen molar-refractivity contribution in [2.75, 3.05) is 0 Å². The minimum absolute atomic E-state index is 0.214. The average molecular weight is 237 g/mol. The Hall–Kier alpha value is -2.76. The molecule has 2 aromatic carbocycles. The molecule has 88 valence electrons. The summed E-state index contributed by atoms with van der Waals surface area (Å²) in [7, 11) is 0. The molecule has 0 bridgehead atoms. The molecular weight excluding hydrogens is 228 g/mol. The molecule has 0 aliphatic carbocycles. The van der Waals surface area contributed by atoms with Crippen LogP contribution in [0.4, 0.5) is 5.95 Å². The Morgan fingerprint density at radius 2 is 2.00 bits per heavy atom. The highest BCUT2D eigenvalue weighted by Gasteiger charge is 1.96. The Balaban J connectivity index is 1.88. The van der Waals surface area contributed by atoms with E-state index in [0.29, 0.717) is 0 Å². The molecule has 0 amide bonds. The third kappa shape index (κ3) is 2.03. The van der Waals surface area contributed by atoms with Gasteiger partial charge in [0.1, 0.15) is 0 Å². The number of tetrazole rings is 1. The molecule has 0 saturated heterocycles. The molecule has 6 nitrogen and oxygen atoms in total. The SMILES string of the molecule is C(=N/[N-]c1nn[nH]n1)/c1cccc2ccccc12. The van der Waals surface area contributed by atoms with E-state index >= 15 is 0 Å². The molecule has 0 atom stereocenters. The molecule has 0 fully saturated rings. The number of fused-ring (bicyclic) bond motifs is 1. The van der Waals surface area contributed by atoms with Crippen LogP contribution in [0.25, 0.3) is 16.2 Å².